The first kappa shape index (κ1) is 11.8. The molecule has 1 aromatic carbocycles. The van der Waals surface area contributed by atoms with Gasteiger partial charge in [0.05, 0.1) is 6.61 Å². The van der Waals surface area contributed by atoms with Crippen LogP contribution in [0.25, 0.3) is 5.57 Å². The zero-order chi connectivity index (χ0) is 13.7. The molecule has 3 heterocycles. The molecule has 0 aromatic heterocycles. The highest BCUT2D eigenvalue weighted by molar-refractivity contribution is 5.87. The molecule has 0 bridgehead atoms. The molecular weight excluding hydrogens is 258 g/mol. The molecule has 1 aromatic rings. The highest BCUT2D eigenvalue weighted by Gasteiger charge is 2.32. The number of carbonyl (C=O) groups excluding carboxylic acids is 1. The average molecular weight is 273 g/mol. The van der Waals surface area contributed by atoms with Gasteiger partial charge in [-0.2, -0.15) is 0 Å². The molecule has 0 unspecified atom stereocenters. The van der Waals surface area contributed by atoms with Crippen LogP contribution in [0.3, 0.4) is 0 Å². The van der Waals surface area contributed by atoms with E-state index in [1.165, 1.54) is 0 Å². The van der Waals surface area contributed by atoms with Crippen molar-refractivity contribution in [3.63, 3.8) is 0 Å². The maximum absolute atomic E-state index is 11.9. The molecule has 1 saturated heterocycles. The number of allylic oxidation sites excluding steroid dienone is 1. The van der Waals surface area contributed by atoms with E-state index in [1.807, 2.05) is 17.0 Å². The van der Waals surface area contributed by atoms with Gasteiger partial charge in [0.25, 0.3) is 0 Å². The second-order valence-electron chi connectivity index (χ2n) is 5.24. The minimum Gasteiger partial charge on any atom is -0.454 e. The van der Waals surface area contributed by atoms with Gasteiger partial charge in [0.1, 0.15) is 0 Å². The van der Waals surface area contributed by atoms with Crippen LogP contribution < -0.4 is 9.47 Å². The van der Waals surface area contributed by atoms with Crippen LogP contribution >= 0.6 is 0 Å². The summed E-state index contributed by atoms with van der Waals surface area (Å²) in [6.07, 6.45) is 2.02. The first-order valence-electron chi connectivity index (χ1n) is 6.84. The molecule has 0 saturated carbocycles. The van der Waals surface area contributed by atoms with Crippen molar-refractivity contribution in [3.8, 4) is 11.5 Å². The summed E-state index contributed by atoms with van der Waals surface area (Å²) in [4.78, 5) is 13.8. The predicted octanol–water partition coefficient (Wildman–Crippen LogP) is 1.30. The number of amides is 1. The van der Waals surface area contributed by atoms with Gasteiger partial charge in [0.15, 0.2) is 11.5 Å². The van der Waals surface area contributed by atoms with Gasteiger partial charge < -0.3 is 19.5 Å². The number of aliphatic hydroxyl groups excluding tert-OH is 1. The van der Waals surface area contributed by atoms with Crippen molar-refractivity contribution >= 4 is 11.5 Å². The fraction of sp³-hybridized carbons (Fsp3) is 0.400. The highest BCUT2D eigenvalue weighted by Crippen LogP contribution is 2.41. The maximum atomic E-state index is 11.9. The molecule has 20 heavy (non-hydrogen) atoms. The minimum absolute atomic E-state index is 0.0637. The standard InChI is InChI=1S/C15H15NO4/c17-7-11-10-6-14-13(19-8-20-14)5-9(10)3-4-16-12(11)1-2-15(16)18/h5-6,17H,1-4,7-8H2. The fourth-order valence-corrected chi connectivity index (χ4v) is 3.26. The molecule has 0 spiro atoms. The Morgan fingerprint density at radius 3 is 2.75 bits per heavy atom. The summed E-state index contributed by atoms with van der Waals surface area (Å²) < 4.78 is 10.8. The monoisotopic (exact) mass is 273 g/mol. The Hall–Kier alpha value is -2.01. The van der Waals surface area contributed by atoms with Crippen molar-refractivity contribution in [2.45, 2.75) is 19.3 Å². The number of rotatable bonds is 1. The molecule has 5 nitrogen and oxygen atoms in total. The zero-order valence-electron chi connectivity index (χ0n) is 11.0. The molecular formula is C15H15NO4. The number of hydrogen-bond acceptors (Lipinski definition) is 4. The summed E-state index contributed by atoms with van der Waals surface area (Å²) in [6, 6.07) is 3.91. The molecule has 3 aliphatic rings. The summed E-state index contributed by atoms with van der Waals surface area (Å²) in [6.45, 7) is 0.851. The first-order chi connectivity index (χ1) is 9.78. The van der Waals surface area contributed by atoms with Crippen LogP contribution in [0.4, 0.5) is 0 Å². The van der Waals surface area contributed by atoms with E-state index in [1.54, 1.807) is 0 Å². The number of carbonyl (C=O) groups is 1. The minimum atomic E-state index is -0.0637. The summed E-state index contributed by atoms with van der Waals surface area (Å²) >= 11 is 0. The molecule has 0 aliphatic carbocycles. The smallest absolute Gasteiger partial charge is 0.231 e. The van der Waals surface area contributed by atoms with Crippen LogP contribution in [0.5, 0.6) is 11.5 Å². The third-order valence-electron chi connectivity index (χ3n) is 4.24. The van der Waals surface area contributed by atoms with E-state index < -0.39 is 0 Å². The zero-order valence-corrected chi connectivity index (χ0v) is 11.0. The Bertz CT molecular complexity index is 635. The van der Waals surface area contributed by atoms with Gasteiger partial charge >= 0.3 is 0 Å². The molecule has 4 rings (SSSR count). The van der Waals surface area contributed by atoms with Crippen LogP contribution in [0.2, 0.25) is 0 Å². The molecule has 1 amide bonds. The number of nitrogens with zero attached hydrogens (tertiary/aromatic N) is 1. The third-order valence-corrected chi connectivity index (χ3v) is 4.24. The Kier molecular flexibility index (Phi) is 2.50. The van der Waals surface area contributed by atoms with Crippen molar-refractivity contribution in [2.24, 2.45) is 0 Å². The Balaban J connectivity index is 1.90. The topological polar surface area (TPSA) is 59.0 Å². The number of fused-ring (bicyclic) bond motifs is 3. The Morgan fingerprint density at radius 1 is 1.15 bits per heavy atom. The van der Waals surface area contributed by atoms with E-state index in [0.717, 1.165) is 34.6 Å². The quantitative estimate of drug-likeness (QED) is 0.838. The summed E-state index contributed by atoms with van der Waals surface area (Å²) in [5.74, 6) is 1.62. The second-order valence-corrected chi connectivity index (χ2v) is 5.24. The largest absolute Gasteiger partial charge is 0.454 e. The third kappa shape index (κ3) is 1.56. The van der Waals surface area contributed by atoms with E-state index in [2.05, 4.69) is 0 Å². The Labute approximate surface area is 116 Å². The summed E-state index contributed by atoms with van der Waals surface area (Å²) in [5.41, 5.74) is 3.91. The lowest BCUT2D eigenvalue weighted by Gasteiger charge is -2.17. The second kappa shape index (κ2) is 4.24. The van der Waals surface area contributed by atoms with E-state index >= 15 is 0 Å². The predicted molar refractivity (Wildman–Crippen MR) is 71.2 cm³/mol. The SMILES string of the molecule is O=C1CCC2=C(CO)c3cc4c(cc3CCN12)OCO4. The number of benzene rings is 1. The van der Waals surface area contributed by atoms with Gasteiger partial charge in [0, 0.05) is 24.2 Å². The van der Waals surface area contributed by atoms with Crippen LogP contribution in [-0.2, 0) is 11.2 Å². The Morgan fingerprint density at radius 2 is 1.95 bits per heavy atom. The molecule has 0 radical (unpaired) electrons. The highest BCUT2D eigenvalue weighted by atomic mass is 16.7. The maximum Gasteiger partial charge on any atom is 0.231 e. The van der Waals surface area contributed by atoms with Crippen LogP contribution in [0, 0.1) is 0 Å². The summed E-state index contributed by atoms with van der Waals surface area (Å²) in [7, 11) is 0. The summed E-state index contributed by atoms with van der Waals surface area (Å²) in [5, 5.41) is 9.78. The van der Waals surface area contributed by atoms with Crippen LogP contribution in [0.15, 0.2) is 17.8 Å². The fourth-order valence-electron chi connectivity index (χ4n) is 3.26. The van der Waals surface area contributed by atoms with E-state index in [9.17, 15) is 9.90 Å². The van der Waals surface area contributed by atoms with Crippen LogP contribution in [0.1, 0.15) is 24.0 Å². The molecule has 104 valence electrons. The van der Waals surface area contributed by atoms with Gasteiger partial charge in [0.2, 0.25) is 12.7 Å². The number of ether oxygens (including phenoxy) is 2. The van der Waals surface area contributed by atoms with Crippen molar-refractivity contribution in [3.05, 3.63) is 29.0 Å². The lowest BCUT2D eigenvalue weighted by atomic mass is 9.96. The lowest BCUT2D eigenvalue weighted by Crippen LogP contribution is -2.25. The van der Waals surface area contributed by atoms with E-state index in [0.29, 0.717) is 25.1 Å². The first-order valence-corrected chi connectivity index (χ1v) is 6.84. The van der Waals surface area contributed by atoms with Crippen molar-refractivity contribution in [1.29, 1.82) is 0 Å². The van der Waals surface area contributed by atoms with Gasteiger partial charge in [-0.3, -0.25) is 4.79 Å². The van der Waals surface area contributed by atoms with Crippen molar-refractivity contribution in [1.82, 2.24) is 4.90 Å². The van der Waals surface area contributed by atoms with Crippen molar-refractivity contribution in [2.75, 3.05) is 19.9 Å². The lowest BCUT2D eigenvalue weighted by molar-refractivity contribution is -0.126. The normalized spacial score (nSPS) is 20.1. The van der Waals surface area contributed by atoms with Crippen LogP contribution in [-0.4, -0.2) is 35.9 Å². The molecule has 0 atom stereocenters. The molecule has 5 heteroatoms. The number of aliphatic hydroxyl groups is 1. The number of hydrogen-bond donors (Lipinski definition) is 1. The van der Waals surface area contributed by atoms with E-state index in [4.69, 9.17) is 9.47 Å². The van der Waals surface area contributed by atoms with Gasteiger partial charge in [-0.05, 0) is 36.1 Å². The van der Waals surface area contributed by atoms with E-state index in [-0.39, 0.29) is 19.3 Å². The van der Waals surface area contributed by atoms with Gasteiger partial charge in [-0.1, -0.05) is 0 Å². The van der Waals surface area contributed by atoms with Gasteiger partial charge in [-0.15, -0.1) is 0 Å². The van der Waals surface area contributed by atoms with Gasteiger partial charge in [-0.25, -0.2) is 0 Å². The molecule has 3 aliphatic heterocycles. The van der Waals surface area contributed by atoms with Crippen molar-refractivity contribution < 1.29 is 19.4 Å². The molecule has 1 N–H and O–H groups in total. The average Bonchev–Trinajstić information content (AvgIpc) is 3.00. The molecule has 1 fully saturated rings.